The summed E-state index contributed by atoms with van der Waals surface area (Å²) in [5.74, 6) is 0.126. The molecule has 0 aromatic heterocycles. The van der Waals surface area contributed by atoms with Crippen LogP contribution in [0.1, 0.15) is 20.3 Å². The van der Waals surface area contributed by atoms with E-state index >= 15 is 0 Å². The van der Waals surface area contributed by atoms with Crippen molar-refractivity contribution in [1.29, 1.82) is 0 Å². The van der Waals surface area contributed by atoms with Crippen molar-refractivity contribution < 1.29 is 9.53 Å². The van der Waals surface area contributed by atoms with E-state index in [1.54, 1.807) is 0 Å². The molecule has 0 bridgehead atoms. The topological polar surface area (TPSA) is 41.6 Å². The number of hydrogen-bond acceptors (Lipinski definition) is 3. The minimum atomic E-state index is -0.268. The molecule has 0 aromatic rings. The molecule has 4 nitrogen and oxygen atoms in total. The molecule has 0 aromatic carbocycles. The molecule has 14 heavy (non-hydrogen) atoms. The minimum Gasteiger partial charge on any atom is -0.366 e. The highest BCUT2D eigenvalue weighted by Gasteiger charge is 2.25. The van der Waals surface area contributed by atoms with Crippen LogP contribution >= 0.6 is 0 Å². The Morgan fingerprint density at radius 3 is 2.86 bits per heavy atom. The van der Waals surface area contributed by atoms with Crippen LogP contribution < -0.4 is 5.32 Å². The summed E-state index contributed by atoms with van der Waals surface area (Å²) < 4.78 is 5.42. The lowest BCUT2D eigenvalue weighted by Gasteiger charge is -2.28. The summed E-state index contributed by atoms with van der Waals surface area (Å²) >= 11 is 0. The summed E-state index contributed by atoms with van der Waals surface area (Å²) in [6.07, 6.45) is 0.731. The van der Waals surface area contributed by atoms with Crippen LogP contribution in [0.15, 0.2) is 0 Å². The molecule has 0 spiro atoms. The third-order valence-electron chi connectivity index (χ3n) is 2.39. The molecule has 0 unspecified atom stereocenters. The van der Waals surface area contributed by atoms with Gasteiger partial charge in [-0.25, -0.2) is 0 Å². The van der Waals surface area contributed by atoms with E-state index in [0.717, 1.165) is 26.1 Å². The molecule has 4 heteroatoms. The molecule has 1 aliphatic rings. The molecule has 1 rings (SSSR count). The van der Waals surface area contributed by atoms with E-state index in [1.807, 2.05) is 11.8 Å². The standard InChI is InChI=1S/C10H20N2O2/c1-3-6-12(4-2)10(13)9-8-11-5-7-14-9/h9,11H,3-8H2,1-2H3/t9-/m0/s1. The Bertz CT molecular complexity index is 172. The van der Waals surface area contributed by atoms with Crippen LogP contribution in [0.25, 0.3) is 0 Å². The van der Waals surface area contributed by atoms with E-state index in [0.29, 0.717) is 13.2 Å². The van der Waals surface area contributed by atoms with Gasteiger partial charge in [-0.1, -0.05) is 6.92 Å². The second kappa shape index (κ2) is 5.98. The number of rotatable bonds is 4. The largest absolute Gasteiger partial charge is 0.366 e. The molecule has 1 fully saturated rings. The monoisotopic (exact) mass is 200 g/mol. The van der Waals surface area contributed by atoms with Crippen molar-refractivity contribution in [3.63, 3.8) is 0 Å². The molecule has 1 heterocycles. The van der Waals surface area contributed by atoms with Crippen LogP contribution in [-0.2, 0) is 9.53 Å². The summed E-state index contributed by atoms with van der Waals surface area (Å²) in [7, 11) is 0. The lowest BCUT2D eigenvalue weighted by Crippen LogP contribution is -2.49. The van der Waals surface area contributed by atoms with Gasteiger partial charge in [-0.15, -0.1) is 0 Å². The van der Waals surface area contributed by atoms with Gasteiger partial charge in [0.15, 0.2) is 0 Å². The van der Waals surface area contributed by atoms with Crippen LogP contribution in [0.4, 0.5) is 0 Å². The molecule has 0 saturated carbocycles. The van der Waals surface area contributed by atoms with Gasteiger partial charge in [-0.3, -0.25) is 4.79 Å². The Hall–Kier alpha value is -0.610. The van der Waals surface area contributed by atoms with Crippen molar-refractivity contribution in [3.8, 4) is 0 Å². The molecule has 1 amide bonds. The second-order valence-corrected chi connectivity index (χ2v) is 3.48. The third-order valence-corrected chi connectivity index (χ3v) is 2.39. The first-order valence-corrected chi connectivity index (χ1v) is 5.40. The predicted octanol–water partition coefficient (Wildman–Crippen LogP) is 0.233. The van der Waals surface area contributed by atoms with Gasteiger partial charge in [0.1, 0.15) is 6.10 Å². The molecule has 1 atom stereocenters. The van der Waals surface area contributed by atoms with Gasteiger partial charge in [-0.05, 0) is 13.3 Å². The minimum absolute atomic E-state index is 0.126. The predicted molar refractivity (Wildman–Crippen MR) is 55.2 cm³/mol. The maximum Gasteiger partial charge on any atom is 0.253 e. The van der Waals surface area contributed by atoms with Crippen molar-refractivity contribution in [3.05, 3.63) is 0 Å². The fourth-order valence-electron chi connectivity index (χ4n) is 1.62. The summed E-state index contributed by atoms with van der Waals surface area (Å²) in [4.78, 5) is 13.7. The van der Waals surface area contributed by atoms with Crippen molar-refractivity contribution >= 4 is 5.91 Å². The molecule has 0 aliphatic carbocycles. The maximum atomic E-state index is 11.9. The van der Waals surface area contributed by atoms with Gasteiger partial charge in [0.25, 0.3) is 5.91 Å². The number of ether oxygens (including phenoxy) is 1. The molecule has 82 valence electrons. The number of hydrogen-bond donors (Lipinski definition) is 1. The summed E-state index contributed by atoms with van der Waals surface area (Å²) in [6.45, 7) is 7.82. The second-order valence-electron chi connectivity index (χ2n) is 3.48. The highest BCUT2D eigenvalue weighted by molar-refractivity contribution is 5.81. The maximum absolute atomic E-state index is 11.9. The lowest BCUT2D eigenvalue weighted by molar-refractivity contribution is -0.145. The smallest absolute Gasteiger partial charge is 0.253 e. The van der Waals surface area contributed by atoms with Crippen LogP contribution in [0.3, 0.4) is 0 Å². The lowest BCUT2D eigenvalue weighted by atomic mass is 10.2. The SMILES string of the molecule is CCCN(CC)C(=O)[C@@H]1CNCCO1. The van der Waals surface area contributed by atoms with Crippen LogP contribution in [0.5, 0.6) is 0 Å². The molecular weight excluding hydrogens is 180 g/mol. The van der Waals surface area contributed by atoms with E-state index in [1.165, 1.54) is 0 Å². The quantitative estimate of drug-likeness (QED) is 0.706. The van der Waals surface area contributed by atoms with E-state index in [9.17, 15) is 4.79 Å². The fraction of sp³-hybridized carbons (Fsp3) is 0.900. The first-order valence-electron chi connectivity index (χ1n) is 5.40. The van der Waals surface area contributed by atoms with Gasteiger partial charge in [0.2, 0.25) is 0 Å². The number of morpholine rings is 1. The van der Waals surface area contributed by atoms with Gasteiger partial charge >= 0.3 is 0 Å². The zero-order valence-electron chi connectivity index (χ0n) is 9.08. The Morgan fingerprint density at radius 1 is 1.57 bits per heavy atom. The highest BCUT2D eigenvalue weighted by atomic mass is 16.5. The normalized spacial score (nSPS) is 22.0. The number of nitrogens with one attached hydrogen (secondary N) is 1. The average Bonchev–Trinajstić information content (AvgIpc) is 2.26. The Balaban J connectivity index is 2.43. The van der Waals surface area contributed by atoms with Gasteiger partial charge < -0.3 is 15.0 Å². The molecule has 1 N–H and O–H groups in total. The number of likely N-dealkylation sites (N-methyl/N-ethyl adjacent to an activating group) is 1. The Labute approximate surface area is 85.6 Å². The van der Waals surface area contributed by atoms with Crippen molar-refractivity contribution in [2.24, 2.45) is 0 Å². The van der Waals surface area contributed by atoms with E-state index in [4.69, 9.17) is 4.74 Å². The van der Waals surface area contributed by atoms with E-state index in [-0.39, 0.29) is 12.0 Å². The van der Waals surface area contributed by atoms with Crippen molar-refractivity contribution in [2.45, 2.75) is 26.4 Å². The number of carbonyl (C=O) groups excluding carboxylic acids is 1. The van der Waals surface area contributed by atoms with Crippen molar-refractivity contribution in [1.82, 2.24) is 10.2 Å². The first-order chi connectivity index (χ1) is 6.79. The molecule has 1 saturated heterocycles. The van der Waals surface area contributed by atoms with Crippen LogP contribution in [0.2, 0.25) is 0 Å². The number of carbonyl (C=O) groups is 1. The van der Waals surface area contributed by atoms with Gasteiger partial charge in [0, 0.05) is 26.2 Å². The molecular formula is C10H20N2O2. The summed E-state index contributed by atoms with van der Waals surface area (Å²) in [5.41, 5.74) is 0. The fourth-order valence-corrected chi connectivity index (χ4v) is 1.62. The highest BCUT2D eigenvalue weighted by Crippen LogP contribution is 2.03. The van der Waals surface area contributed by atoms with E-state index in [2.05, 4.69) is 12.2 Å². The Morgan fingerprint density at radius 2 is 2.36 bits per heavy atom. The first kappa shape index (κ1) is 11.5. The zero-order valence-corrected chi connectivity index (χ0v) is 9.08. The van der Waals surface area contributed by atoms with Gasteiger partial charge in [-0.2, -0.15) is 0 Å². The van der Waals surface area contributed by atoms with Crippen LogP contribution in [-0.4, -0.2) is 49.7 Å². The average molecular weight is 200 g/mol. The third kappa shape index (κ3) is 2.96. The number of nitrogens with zero attached hydrogens (tertiary/aromatic N) is 1. The number of amides is 1. The van der Waals surface area contributed by atoms with Crippen LogP contribution in [0, 0.1) is 0 Å². The van der Waals surface area contributed by atoms with E-state index < -0.39 is 0 Å². The summed E-state index contributed by atoms with van der Waals surface area (Å²) in [6, 6.07) is 0. The molecule has 0 radical (unpaired) electrons. The Kier molecular flexibility index (Phi) is 4.90. The summed E-state index contributed by atoms with van der Waals surface area (Å²) in [5, 5.41) is 3.16. The molecule has 1 aliphatic heterocycles. The zero-order chi connectivity index (χ0) is 10.4. The van der Waals surface area contributed by atoms with Crippen molar-refractivity contribution in [2.75, 3.05) is 32.8 Å². The van der Waals surface area contributed by atoms with Gasteiger partial charge in [0.05, 0.1) is 6.61 Å².